The molecule has 2 aliphatic heterocycles. The Morgan fingerprint density at radius 1 is 1.17 bits per heavy atom. The molecule has 0 aliphatic carbocycles. The third-order valence-electron chi connectivity index (χ3n) is 6.02. The Bertz CT molecular complexity index is 1060. The van der Waals surface area contributed by atoms with Gasteiger partial charge in [0.2, 0.25) is 0 Å². The van der Waals surface area contributed by atoms with Crippen molar-refractivity contribution in [3.05, 3.63) is 58.1 Å². The quantitative estimate of drug-likeness (QED) is 0.679. The Balaban J connectivity index is 1.41. The molecular weight excluding hydrogens is 382 g/mol. The normalized spacial score (nSPS) is 19.6. The number of aryl methyl sites for hydroxylation is 1. The van der Waals surface area contributed by atoms with E-state index in [1.54, 1.807) is 11.3 Å². The molecule has 2 N–H and O–H groups in total. The van der Waals surface area contributed by atoms with E-state index < -0.39 is 0 Å². The predicted octanol–water partition coefficient (Wildman–Crippen LogP) is 4.33. The lowest BCUT2D eigenvalue weighted by Crippen LogP contribution is -2.32. The van der Waals surface area contributed by atoms with Gasteiger partial charge >= 0.3 is 0 Å². The highest BCUT2D eigenvalue weighted by molar-refractivity contribution is 7.18. The number of aromatic nitrogens is 1. The summed E-state index contributed by atoms with van der Waals surface area (Å²) in [6.07, 6.45) is 3.05. The van der Waals surface area contributed by atoms with E-state index in [0.717, 1.165) is 65.0 Å². The molecule has 3 heterocycles. The van der Waals surface area contributed by atoms with Crippen molar-refractivity contribution in [3.8, 4) is 5.75 Å². The molecule has 1 fully saturated rings. The third kappa shape index (κ3) is 3.51. The molecular formula is C23H25N3O2S. The van der Waals surface area contributed by atoms with Crippen LogP contribution in [0.15, 0.2) is 36.4 Å². The second-order valence-corrected chi connectivity index (χ2v) is 8.89. The number of carbonyl (C=O) groups is 1. The van der Waals surface area contributed by atoms with Crippen LogP contribution >= 0.6 is 11.3 Å². The first kappa shape index (κ1) is 18.6. The number of nitrogens with zero attached hydrogens (tertiary/aromatic N) is 1. The van der Waals surface area contributed by atoms with Crippen molar-refractivity contribution in [1.29, 1.82) is 0 Å². The van der Waals surface area contributed by atoms with Gasteiger partial charge in [-0.3, -0.25) is 4.79 Å². The van der Waals surface area contributed by atoms with Gasteiger partial charge in [0.25, 0.3) is 5.91 Å². The van der Waals surface area contributed by atoms with E-state index in [1.165, 1.54) is 5.01 Å². The molecule has 1 aromatic heterocycles. The van der Waals surface area contributed by atoms with Crippen molar-refractivity contribution in [2.24, 2.45) is 0 Å². The van der Waals surface area contributed by atoms with Crippen LogP contribution in [0.2, 0.25) is 0 Å². The molecule has 0 spiro atoms. The van der Waals surface area contributed by atoms with Crippen molar-refractivity contribution >= 4 is 27.5 Å². The monoisotopic (exact) mass is 407 g/mol. The molecule has 0 saturated carbocycles. The highest BCUT2D eigenvalue weighted by atomic mass is 32.1. The lowest BCUT2D eigenvalue weighted by molar-refractivity contribution is 0.0924. The fourth-order valence-electron chi connectivity index (χ4n) is 4.36. The van der Waals surface area contributed by atoms with Gasteiger partial charge in [0, 0.05) is 23.5 Å². The van der Waals surface area contributed by atoms with Gasteiger partial charge in [0.05, 0.1) is 27.9 Å². The number of hydrogen-bond donors (Lipinski definition) is 2. The van der Waals surface area contributed by atoms with Crippen LogP contribution in [-0.4, -0.2) is 30.6 Å². The molecule has 29 heavy (non-hydrogen) atoms. The molecule has 0 radical (unpaired) electrons. The molecule has 5 rings (SSSR count). The number of para-hydroxylation sites is 1. The summed E-state index contributed by atoms with van der Waals surface area (Å²) in [6, 6.07) is 11.8. The number of carbonyl (C=O) groups excluding carboxylic acids is 1. The Kier molecular flexibility index (Phi) is 4.97. The summed E-state index contributed by atoms with van der Waals surface area (Å²) in [6.45, 7) is 4.77. The Morgan fingerprint density at radius 3 is 2.86 bits per heavy atom. The number of rotatable bonds is 3. The number of fused-ring (bicyclic) bond motifs is 2. The molecule has 1 saturated heterocycles. The van der Waals surface area contributed by atoms with Gasteiger partial charge in [-0.25, -0.2) is 4.98 Å². The largest absolute Gasteiger partial charge is 0.493 e. The van der Waals surface area contributed by atoms with Gasteiger partial charge in [-0.1, -0.05) is 18.2 Å². The van der Waals surface area contributed by atoms with Crippen molar-refractivity contribution in [2.45, 2.75) is 38.1 Å². The Morgan fingerprint density at radius 2 is 2.00 bits per heavy atom. The number of piperidine rings is 1. The van der Waals surface area contributed by atoms with E-state index in [9.17, 15) is 4.79 Å². The summed E-state index contributed by atoms with van der Waals surface area (Å²) in [4.78, 5) is 18.0. The van der Waals surface area contributed by atoms with E-state index in [-0.39, 0.29) is 11.9 Å². The van der Waals surface area contributed by atoms with Gasteiger partial charge < -0.3 is 15.4 Å². The molecule has 0 bridgehead atoms. The number of ether oxygens (including phenoxy) is 1. The van der Waals surface area contributed by atoms with E-state index in [2.05, 4.69) is 10.6 Å². The molecule has 150 valence electrons. The van der Waals surface area contributed by atoms with Crippen LogP contribution in [-0.2, 0) is 0 Å². The minimum absolute atomic E-state index is 0.0192. The third-order valence-corrected chi connectivity index (χ3v) is 7.37. The van der Waals surface area contributed by atoms with Gasteiger partial charge in [0.1, 0.15) is 5.75 Å². The van der Waals surface area contributed by atoms with Crippen molar-refractivity contribution in [1.82, 2.24) is 15.6 Å². The maximum Gasteiger partial charge on any atom is 0.252 e. The first-order valence-electron chi connectivity index (χ1n) is 10.3. The average molecular weight is 408 g/mol. The average Bonchev–Trinajstić information content (AvgIpc) is 3.20. The molecule has 2 aliphatic rings. The number of thiazole rings is 1. The molecule has 3 aromatic rings. The van der Waals surface area contributed by atoms with Gasteiger partial charge in [0.15, 0.2) is 0 Å². The summed E-state index contributed by atoms with van der Waals surface area (Å²) < 4.78 is 6.86. The van der Waals surface area contributed by atoms with Crippen molar-refractivity contribution < 1.29 is 9.53 Å². The maximum atomic E-state index is 13.1. The van der Waals surface area contributed by atoms with Gasteiger partial charge in [-0.15, -0.1) is 11.3 Å². The maximum absolute atomic E-state index is 13.1. The molecule has 2 aromatic carbocycles. The van der Waals surface area contributed by atoms with Crippen LogP contribution in [0.3, 0.4) is 0 Å². The summed E-state index contributed by atoms with van der Waals surface area (Å²) in [7, 11) is 0. The molecule has 1 atom stereocenters. The fourth-order valence-corrected chi connectivity index (χ4v) is 5.59. The number of hydrogen-bond acceptors (Lipinski definition) is 5. The number of amides is 1. The SMILES string of the molecule is Cc1c(C(=O)NC2CCOc3ccccc32)ccc2nc(C3CCNCC3)sc12. The molecule has 5 nitrogen and oxygen atoms in total. The van der Waals surface area contributed by atoms with Crippen LogP contribution in [0.25, 0.3) is 10.2 Å². The Labute approximate surface area is 174 Å². The topological polar surface area (TPSA) is 63.2 Å². The van der Waals surface area contributed by atoms with Gasteiger partial charge in [-0.2, -0.15) is 0 Å². The number of nitrogens with one attached hydrogen (secondary N) is 2. The zero-order valence-electron chi connectivity index (χ0n) is 16.5. The highest BCUT2D eigenvalue weighted by Crippen LogP contribution is 2.36. The Hall–Kier alpha value is -2.44. The standard InChI is InChI=1S/C23H25N3O2S/c1-14-16(22(27)25-18-10-13-28-20-5-3-2-4-17(18)20)6-7-19-21(14)29-23(26-19)15-8-11-24-12-9-15/h2-7,15,18,24H,8-13H2,1H3,(H,25,27). The smallest absolute Gasteiger partial charge is 0.252 e. The van der Waals surface area contributed by atoms with Crippen LogP contribution in [0.5, 0.6) is 5.75 Å². The first-order chi connectivity index (χ1) is 14.2. The minimum Gasteiger partial charge on any atom is -0.493 e. The van der Waals surface area contributed by atoms with E-state index in [1.807, 2.05) is 43.3 Å². The van der Waals surface area contributed by atoms with Crippen LogP contribution in [0.1, 0.15) is 57.7 Å². The zero-order valence-corrected chi connectivity index (χ0v) is 17.3. The van der Waals surface area contributed by atoms with Crippen molar-refractivity contribution in [2.75, 3.05) is 19.7 Å². The summed E-state index contributed by atoms with van der Waals surface area (Å²) in [5.41, 5.74) is 3.82. The lowest BCUT2D eigenvalue weighted by atomic mass is 9.99. The van der Waals surface area contributed by atoms with E-state index in [4.69, 9.17) is 9.72 Å². The van der Waals surface area contributed by atoms with Crippen LogP contribution < -0.4 is 15.4 Å². The predicted molar refractivity (Wildman–Crippen MR) is 116 cm³/mol. The van der Waals surface area contributed by atoms with E-state index >= 15 is 0 Å². The minimum atomic E-state index is -0.0251. The summed E-state index contributed by atoms with van der Waals surface area (Å²) in [5.74, 6) is 1.37. The zero-order chi connectivity index (χ0) is 19.8. The second kappa shape index (κ2) is 7.76. The molecule has 6 heteroatoms. The summed E-state index contributed by atoms with van der Waals surface area (Å²) in [5, 5.41) is 7.85. The summed E-state index contributed by atoms with van der Waals surface area (Å²) >= 11 is 1.76. The van der Waals surface area contributed by atoms with E-state index in [0.29, 0.717) is 12.5 Å². The second-order valence-electron chi connectivity index (χ2n) is 7.86. The molecule has 1 amide bonds. The lowest BCUT2D eigenvalue weighted by Gasteiger charge is -2.26. The van der Waals surface area contributed by atoms with Crippen LogP contribution in [0.4, 0.5) is 0 Å². The van der Waals surface area contributed by atoms with Crippen molar-refractivity contribution in [3.63, 3.8) is 0 Å². The fraction of sp³-hybridized carbons (Fsp3) is 0.391. The number of benzene rings is 2. The van der Waals surface area contributed by atoms with Crippen LogP contribution in [0, 0.1) is 6.92 Å². The highest BCUT2D eigenvalue weighted by Gasteiger charge is 2.25. The van der Waals surface area contributed by atoms with Gasteiger partial charge in [-0.05, 0) is 56.6 Å². The first-order valence-corrected chi connectivity index (χ1v) is 11.2. The molecule has 1 unspecified atom stereocenters.